The highest BCUT2D eigenvalue weighted by Gasteiger charge is 2.07. The Morgan fingerprint density at radius 2 is 1.39 bits per heavy atom. The second-order valence-corrected chi connectivity index (χ2v) is 3.82. The number of aromatic hydroxyl groups is 2. The van der Waals surface area contributed by atoms with Crippen molar-refractivity contribution in [3.8, 4) is 11.5 Å². The molecule has 0 aliphatic heterocycles. The largest absolute Gasteiger partial charge is 0.504 e. The number of carbonyl (C=O) groups is 1. The summed E-state index contributed by atoms with van der Waals surface area (Å²) in [4.78, 5) is 8.00. The maximum Gasteiger partial charge on any atom is 0.165 e. The summed E-state index contributed by atoms with van der Waals surface area (Å²) in [5, 5.41) is 23.0. The number of rotatable bonds is 0. The van der Waals surface area contributed by atoms with Crippen LogP contribution in [0.4, 0.5) is 0 Å². The van der Waals surface area contributed by atoms with E-state index in [0.29, 0.717) is 5.39 Å². The van der Waals surface area contributed by atoms with Crippen molar-refractivity contribution >= 4 is 28.3 Å². The van der Waals surface area contributed by atoms with Gasteiger partial charge in [0.2, 0.25) is 0 Å². The smallest absolute Gasteiger partial charge is 0.165 e. The van der Waals surface area contributed by atoms with Crippen molar-refractivity contribution in [3.05, 3.63) is 48.5 Å². The lowest BCUT2D eigenvalue weighted by Gasteiger charge is -2.06. The molecule has 3 aromatic carbocycles. The van der Waals surface area contributed by atoms with Crippen LogP contribution in [0.1, 0.15) is 0 Å². The lowest BCUT2D eigenvalue weighted by Crippen LogP contribution is -1.78. The fraction of sp³-hybridized carbons (Fsp3) is 0. The molecule has 0 aliphatic carbocycles. The molecule has 0 heterocycles. The summed E-state index contributed by atoms with van der Waals surface area (Å²) >= 11 is 0. The third-order valence-corrected chi connectivity index (χ3v) is 2.88. The fourth-order valence-electron chi connectivity index (χ4n) is 2.06. The molecular weight excluding hydrogens is 228 g/mol. The van der Waals surface area contributed by atoms with E-state index >= 15 is 0 Å². The van der Waals surface area contributed by atoms with E-state index in [0.717, 1.165) is 16.2 Å². The lowest BCUT2D eigenvalue weighted by molar-refractivity contribution is -0.0979. The molecule has 0 radical (unpaired) electrons. The van der Waals surface area contributed by atoms with Gasteiger partial charge in [0.25, 0.3) is 0 Å². The molecule has 3 nitrogen and oxygen atoms in total. The average molecular weight is 240 g/mol. The van der Waals surface area contributed by atoms with Crippen molar-refractivity contribution < 1.29 is 15.0 Å². The van der Waals surface area contributed by atoms with Crippen LogP contribution in [0, 0.1) is 0 Å². The monoisotopic (exact) mass is 240 g/mol. The van der Waals surface area contributed by atoms with Crippen LogP contribution in [0.2, 0.25) is 0 Å². The van der Waals surface area contributed by atoms with Crippen molar-refractivity contribution in [1.29, 1.82) is 0 Å². The van der Waals surface area contributed by atoms with E-state index in [-0.39, 0.29) is 11.5 Å². The summed E-state index contributed by atoms with van der Waals surface area (Å²) in [5.74, 6) is -0.133. The SMILES string of the molecule is C=O.Oc1ccc2c(ccc3ccccc32)c1O. The van der Waals surface area contributed by atoms with E-state index in [9.17, 15) is 10.2 Å². The molecule has 3 aromatic rings. The van der Waals surface area contributed by atoms with Gasteiger partial charge in [-0.05, 0) is 34.4 Å². The van der Waals surface area contributed by atoms with Crippen molar-refractivity contribution in [3.63, 3.8) is 0 Å². The first-order valence-corrected chi connectivity index (χ1v) is 5.38. The molecule has 90 valence electrons. The van der Waals surface area contributed by atoms with Crippen molar-refractivity contribution in [2.24, 2.45) is 0 Å². The zero-order valence-electron chi connectivity index (χ0n) is 9.63. The molecule has 0 atom stereocenters. The predicted molar refractivity (Wildman–Crippen MR) is 71.9 cm³/mol. The number of phenolic OH excluding ortho intramolecular Hbond substituents is 2. The Kier molecular flexibility index (Phi) is 3.15. The number of phenols is 2. The minimum absolute atomic E-state index is 0.0525. The second kappa shape index (κ2) is 4.75. The number of hydrogen-bond donors (Lipinski definition) is 2. The van der Waals surface area contributed by atoms with Crippen molar-refractivity contribution in [1.82, 2.24) is 0 Å². The lowest BCUT2D eigenvalue weighted by atomic mass is 10.0. The molecule has 3 heteroatoms. The summed E-state index contributed by atoms with van der Waals surface area (Å²) in [5.41, 5.74) is 0. The van der Waals surface area contributed by atoms with E-state index < -0.39 is 0 Å². The summed E-state index contributed by atoms with van der Waals surface area (Å²) in [6.07, 6.45) is 0. The van der Waals surface area contributed by atoms with Gasteiger partial charge in [0.15, 0.2) is 11.5 Å². The van der Waals surface area contributed by atoms with Gasteiger partial charge in [0.05, 0.1) is 0 Å². The van der Waals surface area contributed by atoms with Crippen LogP contribution in [0.15, 0.2) is 48.5 Å². The van der Waals surface area contributed by atoms with Gasteiger partial charge in [-0.25, -0.2) is 0 Å². The third kappa shape index (κ3) is 1.76. The fourth-order valence-corrected chi connectivity index (χ4v) is 2.06. The summed E-state index contributed by atoms with van der Waals surface area (Å²) in [6.45, 7) is 2.00. The molecule has 0 amide bonds. The quantitative estimate of drug-likeness (QED) is 0.468. The minimum atomic E-state index is -0.0808. The molecule has 0 aromatic heterocycles. The number of hydrogen-bond acceptors (Lipinski definition) is 3. The van der Waals surface area contributed by atoms with Crippen LogP contribution < -0.4 is 0 Å². The van der Waals surface area contributed by atoms with Gasteiger partial charge in [0, 0.05) is 5.39 Å². The number of fused-ring (bicyclic) bond motifs is 3. The highest BCUT2D eigenvalue weighted by molar-refractivity contribution is 6.09. The maximum absolute atomic E-state index is 9.77. The summed E-state index contributed by atoms with van der Waals surface area (Å²) in [6, 6.07) is 15.1. The van der Waals surface area contributed by atoms with E-state index in [1.807, 2.05) is 49.3 Å². The van der Waals surface area contributed by atoms with Gasteiger partial charge in [-0.3, -0.25) is 0 Å². The van der Waals surface area contributed by atoms with Gasteiger partial charge in [0.1, 0.15) is 6.79 Å². The van der Waals surface area contributed by atoms with Crippen LogP contribution in [0.5, 0.6) is 11.5 Å². The van der Waals surface area contributed by atoms with Crippen molar-refractivity contribution in [2.75, 3.05) is 0 Å². The van der Waals surface area contributed by atoms with E-state index in [4.69, 9.17) is 4.79 Å². The normalized spacial score (nSPS) is 10.0. The Balaban J connectivity index is 0.000000574. The Labute approximate surface area is 104 Å². The molecule has 0 aliphatic rings. The molecule has 18 heavy (non-hydrogen) atoms. The average Bonchev–Trinajstić information content (AvgIpc) is 2.44. The molecule has 0 bridgehead atoms. The van der Waals surface area contributed by atoms with Gasteiger partial charge in [-0.15, -0.1) is 0 Å². The number of benzene rings is 3. The molecule has 0 saturated carbocycles. The third-order valence-electron chi connectivity index (χ3n) is 2.88. The highest BCUT2D eigenvalue weighted by Crippen LogP contribution is 2.36. The predicted octanol–water partition coefficient (Wildman–Crippen LogP) is 3.22. The molecule has 0 unspecified atom stereocenters. The summed E-state index contributed by atoms with van der Waals surface area (Å²) < 4.78 is 0. The van der Waals surface area contributed by atoms with Crippen LogP contribution >= 0.6 is 0 Å². The summed E-state index contributed by atoms with van der Waals surface area (Å²) in [7, 11) is 0. The van der Waals surface area contributed by atoms with Crippen molar-refractivity contribution in [2.45, 2.75) is 0 Å². The van der Waals surface area contributed by atoms with Crippen LogP contribution in [-0.2, 0) is 4.79 Å². The van der Waals surface area contributed by atoms with Crippen LogP contribution in [0.3, 0.4) is 0 Å². The highest BCUT2D eigenvalue weighted by atomic mass is 16.3. The first-order valence-electron chi connectivity index (χ1n) is 5.38. The minimum Gasteiger partial charge on any atom is -0.504 e. The van der Waals surface area contributed by atoms with Crippen LogP contribution in [-0.4, -0.2) is 17.0 Å². The van der Waals surface area contributed by atoms with E-state index in [2.05, 4.69) is 0 Å². The van der Waals surface area contributed by atoms with Gasteiger partial charge < -0.3 is 15.0 Å². The molecule has 0 fully saturated rings. The molecule has 0 spiro atoms. The Hall–Kier alpha value is -2.55. The maximum atomic E-state index is 9.77. The number of carbonyl (C=O) groups excluding carboxylic acids is 1. The van der Waals surface area contributed by atoms with Gasteiger partial charge >= 0.3 is 0 Å². The molecule has 3 rings (SSSR count). The van der Waals surface area contributed by atoms with Gasteiger partial charge in [-0.1, -0.05) is 30.3 Å². The topological polar surface area (TPSA) is 57.5 Å². The molecule has 0 saturated heterocycles. The Morgan fingerprint density at radius 3 is 2.17 bits per heavy atom. The Bertz CT molecular complexity index is 704. The molecule has 2 N–H and O–H groups in total. The second-order valence-electron chi connectivity index (χ2n) is 3.82. The van der Waals surface area contributed by atoms with Gasteiger partial charge in [-0.2, -0.15) is 0 Å². The first kappa shape index (κ1) is 11.9. The molecular formula is C15H12O3. The Morgan fingerprint density at radius 1 is 0.722 bits per heavy atom. The first-order chi connectivity index (χ1) is 8.77. The van der Waals surface area contributed by atoms with Crippen LogP contribution in [0.25, 0.3) is 21.5 Å². The zero-order chi connectivity index (χ0) is 13.1. The van der Waals surface area contributed by atoms with E-state index in [1.54, 1.807) is 0 Å². The zero-order valence-corrected chi connectivity index (χ0v) is 9.63. The standard InChI is InChI=1S/C14H10O2.CH2O/c15-13-8-7-11-10-4-2-1-3-9(10)5-6-12(11)14(13)16;1-2/h1-8,15-16H;1H2. The van der Waals surface area contributed by atoms with E-state index in [1.165, 1.54) is 6.07 Å².